The van der Waals surface area contributed by atoms with Gasteiger partial charge in [-0.15, -0.1) is 0 Å². The number of hydrogen-bond acceptors (Lipinski definition) is 3. The lowest BCUT2D eigenvalue weighted by Crippen LogP contribution is -2.40. The summed E-state index contributed by atoms with van der Waals surface area (Å²) in [5.41, 5.74) is 0. The number of hydrogen-bond donors (Lipinski definition) is 1. The fraction of sp³-hybridized carbons (Fsp3) is 1.00. The Labute approximate surface area is 72.7 Å². The number of fused-ring (bicyclic) bond motifs is 2. The van der Waals surface area contributed by atoms with E-state index >= 15 is 0 Å². The monoisotopic (exact) mass is 172 g/mol. The maximum atomic E-state index is 9.61. The van der Waals surface area contributed by atoms with Crippen molar-refractivity contribution in [1.29, 1.82) is 0 Å². The summed E-state index contributed by atoms with van der Waals surface area (Å²) >= 11 is 0. The zero-order valence-corrected chi connectivity index (χ0v) is 7.62. The van der Waals surface area contributed by atoms with E-state index < -0.39 is 5.79 Å². The molecule has 0 aliphatic carbocycles. The van der Waals surface area contributed by atoms with Gasteiger partial charge in [-0.3, -0.25) is 0 Å². The summed E-state index contributed by atoms with van der Waals surface area (Å²) in [6.07, 6.45) is 2.20. The fourth-order valence-corrected chi connectivity index (χ4v) is 2.11. The molecule has 1 N–H and O–H groups in total. The first kappa shape index (κ1) is 8.48. The second-order valence-corrected chi connectivity index (χ2v) is 3.89. The summed E-state index contributed by atoms with van der Waals surface area (Å²) in [6, 6.07) is 0. The number of ether oxygens (including phenoxy) is 2. The van der Waals surface area contributed by atoms with Gasteiger partial charge >= 0.3 is 0 Å². The highest BCUT2D eigenvalue weighted by atomic mass is 16.8. The van der Waals surface area contributed by atoms with Gasteiger partial charge in [-0.2, -0.15) is 0 Å². The molecule has 12 heavy (non-hydrogen) atoms. The summed E-state index contributed by atoms with van der Waals surface area (Å²) in [5, 5.41) is 9.61. The van der Waals surface area contributed by atoms with Crippen LogP contribution in [0.3, 0.4) is 0 Å². The van der Waals surface area contributed by atoms with Crippen molar-refractivity contribution >= 4 is 0 Å². The summed E-state index contributed by atoms with van der Waals surface area (Å²) in [7, 11) is 0. The standard InChI is InChI=1S/C9H16O3/c1-3-7-8-6(10)4-5-9(2,11-7)12-8/h6-8,10H,3-5H2,1-2H3/t6-,7+,8+,9-/m1/s1. The molecule has 0 aromatic carbocycles. The van der Waals surface area contributed by atoms with Crippen molar-refractivity contribution in [2.45, 2.75) is 57.2 Å². The molecule has 0 aromatic heterocycles. The third-order valence-corrected chi connectivity index (χ3v) is 2.83. The summed E-state index contributed by atoms with van der Waals surface area (Å²) in [5.74, 6) is -0.412. The van der Waals surface area contributed by atoms with Crippen molar-refractivity contribution in [3.8, 4) is 0 Å². The highest BCUT2D eigenvalue weighted by Gasteiger charge is 2.50. The van der Waals surface area contributed by atoms with Crippen LogP contribution in [0.1, 0.15) is 33.1 Å². The molecule has 2 bridgehead atoms. The largest absolute Gasteiger partial charge is 0.390 e. The Kier molecular flexibility index (Phi) is 1.90. The predicted molar refractivity (Wildman–Crippen MR) is 43.7 cm³/mol. The molecule has 3 heteroatoms. The molecule has 0 radical (unpaired) electrons. The Hall–Kier alpha value is -0.120. The van der Waals surface area contributed by atoms with E-state index in [9.17, 15) is 5.11 Å². The average molecular weight is 172 g/mol. The molecule has 0 amide bonds. The second-order valence-electron chi connectivity index (χ2n) is 3.89. The molecule has 0 spiro atoms. The maximum absolute atomic E-state index is 9.61. The molecule has 0 unspecified atom stereocenters. The van der Waals surface area contributed by atoms with Gasteiger partial charge in [0.05, 0.1) is 12.2 Å². The van der Waals surface area contributed by atoms with Crippen molar-refractivity contribution in [3.05, 3.63) is 0 Å². The Bertz CT molecular complexity index is 179. The van der Waals surface area contributed by atoms with Crippen molar-refractivity contribution in [2.75, 3.05) is 0 Å². The van der Waals surface area contributed by atoms with E-state index in [2.05, 4.69) is 6.92 Å². The summed E-state index contributed by atoms with van der Waals surface area (Å²) < 4.78 is 11.3. The maximum Gasteiger partial charge on any atom is 0.166 e. The SMILES string of the molecule is CC[C@@H]1O[C@@]2(C)CC[C@@H](O)[C@@H]1O2. The molecular weight excluding hydrogens is 156 g/mol. The van der Waals surface area contributed by atoms with Crippen LogP contribution in [0.4, 0.5) is 0 Å². The van der Waals surface area contributed by atoms with Crippen molar-refractivity contribution in [1.82, 2.24) is 0 Å². The Morgan fingerprint density at radius 1 is 1.50 bits per heavy atom. The van der Waals surface area contributed by atoms with Crippen LogP contribution in [-0.2, 0) is 9.47 Å². The number of rotatable bonds is 1. The van der Waals surface area contributed by atoms with Crippen LogP contribution < -0.4 is 0 Å². The topological polar surface area (TPSA) is 38.7 Å². The molecule has 0 aromatic rings. The van der Waals surface area contributed by atoms with Crippen LogP contribution in [0.15, 0.2) is 0 Å². The lowest BCUT2D eigenvalue weighted by molar-refractivity contribution is -0.197. The zero-order valence-electron chi connectivity index (χ0n) is 7.62. The fourth-order valence-electron chi connectivity index (χ4n) is 2.11. The molecule has 2 fully saturated rings. The normalized spacial score (nSPS) is 52.8. The van der Waals surface area contributed by atoms with Crippen LogP contribution in [0.2, 0.25) is 0 Å². The molecule has 70 valence electrons. The number of aliphatic hydroxyl groups excluding tert-OH is 1. The number of aliphatic hydroxyl groups is 1. The first-order chi connectivity index (χ1) is 5.64. The third-order valence-electron chi connectivity index (χ3n) is 2.83. The Balaban J connectivity index is 2.15. The third kappa shape index (κ3) is 1.16. The average Bonchev–Trinajstić information content (AvgIpc) is 2.34. The highest BCUT2D eigenvalue weighted by Crippen LogP contribution is 2.40. The van der Waals surface area contributed by atoms with E-state index in [1.807, 2.05) is 6.92 Å². The first-order valence-corrected chi connectivity index (χ1v) is 4.68. The molecule has 2 saturated heterocycles. The van der Waals surface area contributed by atoms with Gasteiger partial charge in [-0.1, -0.05) is 6.92 Å². The van der Waals surface area contributed by atoms with E-state index in [4.69, 9.17) is 9.47 Å². The van der Waals surface area contributed by atoms with Gasteiger partial charge in [0.25, 0.3) is 0 Å². The van der Waals surface area contributed by atoms with Crippen molar-refractivity contribution in [3.63, 3.8) is 0 Å². The highest BCUT2D eigenvalue weighted by molar-refractivity contribution is 4.92. The lowest BCUT2D eigenvalue weighted by Gasteiger charge is -2.30. The van der Waals surface area contributed by atoms with Gasteiger partial charge in [0, 0.05) is 6.42 Å². The van der Waals surface area contributed by atoms with Crippen LogP contribution in [0.5, 0.6) is 0 Å². The lowest BCUT2D eigenvalue weighted by atomic mass is 9.99. The van der Waals surface area contributed by atoms with Crippen LogP contribution >= 0.6 is 0 Å². The molecule has 2 rings (SSSR count). The summed E-state index contributed by atoms with van der Waals surface area (Å²) in [6.45, 7) is 4.02. The van der Waals surface area contributed by atoms with E-state index in [0.717, 1.165) is 19.3 Å². The second kappa shape index (κ2) is 2.69. The Morgan fingerprint density at radius 2 is 2.25 bits per heavy atom. The smallest absolute Gasteiger partial charge is 0.166 e. The predicted octanol–water partition coefficient (Wildman–Crippen LogP) is 1.05. The molecule has 0 saturated carbocycles. The molecule has 4 atom stereocenters. The van der Waals surface area contributed by atoms with Gasteiger partial charge in [-0.25, -0.2) is 0 Å². The van der Waals surface area contributed by atoms with Gasteiger partial charge < -0.3 is 14.6 Å². The van der Waals surface area contributed by atoms with Crippen molar-refractivity contribution < 1.29 is 14.6 Å². The van der Waals surface area contributed by atoms with E-state index in [1.165, 1.54) is 0 Å². The van der Waals surface area contributed by atoms with Gasteiger partial charge in [-0.05, 0) is 19.8 Å². The quantitative estimate of drug-likeness (QED) is 0.642. The van der Waals surface area contributed by atoms with Gasteiger partial charge in [0.2, 0.25) is 0 Å². The Morgan fingerprint density at radius 3 is 2.92 bits per heavy atom. The summed E-state index contributed by atoms with van der Waals surface area (Å²) in [4.78, 5) is 0. The first-order valence-electron chi connectivity index (χ1n) is 4.68. The van der Waals surface area contributed by atoms with Crippen molar-refractivity contribution in [2.24, 2.45) is 0 Å². The van der Waals surface area contributed by atoms with Gasteiger partial charge in [0.1, 0.15) is 6.10 Å². The minimum absolute atomic E-state index is 0.0891. The molecular formula is C9H16O3. The van der Waals surface area contributed by atoms with E-state index in [0.29, 0.717) is 0 Å². The molecule has 2 aliphatic rings. The molecule has 2 heterocycles. The molecule has 2 aliphatic heterocycles. The van der Waals surface area contributed by atoms with Gasteiger partial charge in [0.15, 0.2) is 5.79 Å². The zero-order chi connectivity index (χ0) is 8.77. The minimum atomic E-state index is -0.412. The minimum Gasteiger partial charge on any atom is -0.390 e. The van der Waals surface area contributed by atoms with E-state index in [-0.39, 0.29) is 18.3 Å². The van der Waals surface area contributed by atoms with E-state index in [1.54, 1.807) is 0 Å². The molecule has 3 nitrogen and oxygen atoms in total. The van der Waals surface area contributed by atoms with Crippen LogP contribution in [-0.4, -0.2) is 29.2 Å². The van der Waals surface area contributed by atoms with Crippen LogP contribution in [0.25, 0.3) is 0 Å². The van der Waals surface area contributed by atoms with Crippen LogP contribution in [0, 0.1) is 0 Å².